The van der Waals surface area contributed by atoms with Gasteiger partial charge in [0.2, 0.25) is 27.7 Å². The number of hydrogen-bond donors (Lipinski definition) is 3. The van der Waals surface area contributed by atoms with Gasteiger partial charge in [-0.05, 0) is 55.0 Å². The fourth-order valence-corrected chi connectivity index (χ4v) is 9.48. The van der Waals surface area contributed by atoms with Crippen LogP contribution in [0, 0.1) is 17.2 Å². The van der Waals surface area contributed by atoms with Crippen molar-refractivity contribution in [1.29, 1.82) is 0 Å². The van der Waals surface area contributed by atoms with E-state index >= 15 is 0 Å². The molecule has 0 radical (unpaired) electrons. The average molecular weight is 928 g/mol. The minimum Gasteiger partial charge on any atom is -0.497 e. The molecule has 7 rings (SSSR count). The molecule has 0 unspecified atom stereocenters. The molecule has 2 aromatic carbocycles. The Kier molecular flexibility index (Phi) is 13.9. The van der Waals surface area contributed by atoms with Crippen LogP contribution in [0.5, 0.6) is 17.4 Å². The SMILES string of the molecule is C=C[C@@H]1C[C@]1(NC(=O)[C@@H]1C[C@@H](Oc2ncc(OC)c3ccc(Cl)cc23)CN1C(=O)[C@@H](Nc1nc(-c2ccc(OC)cc2F)cs1)C(C)(C)C)C(=O)NS(=O)(=O)C1CC1.Cl.Cl. The molecule has 14 nitrogen and oxygen atoms in total. The summed E-state index contributed by atoms with van der Waals surface area (Å²) in [5.41, 5.74) is -1.72. The maximum atomic E-state index is 15.0. The van der Waals surface area contributed by atoms with Crippen molar-refractivity contribution in [2.24, 2.45) is 11.3 Å². The summed E-state index contributed by atoms with van der Waals surface area (Å²) in [6.07, 6.45) is 3.27. The van der Waals surface area contributed by atoms with Crippen LogP contribution in [0.1, 0.15) is 46.5 Å². The summed E-state index contributed by atoms with van der Waals surface area (Å²) < 4.78 is 59.8. The van der Waals surface area contributed by atoms with Crippen LogP contribution in [0.2, 0.25) is 5.02 Å². The van der Waals surface area contributed by atoms with Crippen molar-refractivity contribution in [3.63, 3.8) is 0 Å². The van der Waals surface area contributed by atoms with Crippen LogP contribution in [0.3, 0.4) is 0 Å². The number of anilines is 1. The van der Waals surface area contributed by atoms with Crippen LogP contribution < -0.4 is 29.6 Å². The zero-order valence-electron chi connectivity index (χ0n) is 33.3. The van der Waals surface area contributed by atoms with E-state index in [0.29, 0.717) is 51.0 Å². The highest BCUT2D eigenvalue weighted by Gasteiger charge is 2.62. The highest BCUT2D eigenvalue weighted by molar-refractivity contribution is 7.91. The number of carbonyl (C=O) groups excluding carboxylic acids is 3. The Morgan fingerprint density at radius 3 is 2.45 bits per heavy atom. The predicted molar refractivity (Wildman–Crippen MR) is 233 cm³/mol. The van der Waals surface area contributed by atoms with Crippen LogP contribution in [0.15, 0.2) is 60.6 Å². The molecule has 20 heteroatoms. The molecule has 2 aromatic heterocycles. The number of halogens is 4. The highest BCUT2D eigenvalue weighted by atomic mass is 35.5. The summed E-state index contributed by atoms with van der Waals surface area (Å²) in [6.45, 7) is 9.30. The molecule has 3 fully saturated rings. The summed E-state index contributed by atoms with van der Waals surface area (Å²) >= 11 is 7.56. The molecule has 3 amide bonds. The zero-order valence-corrected chi connectivity index (χ0v) is 37.3. The molecule has 3 heterocycles. The van der Waals surface area contributed by atoms with Gasteiger partial charge < -0.3 is 29.7 Å². The number of carbonyl (C=O) groups is 3. The monoisotopic (exact) mass is 926 g/mol. The van der Waals surface area contributed by atoms with Crippen LogP contribution in [0.25, 0.3) is 22.0 Å². The molecule has 60 heavy (non-hydrogen) atoms. The van der Waals surface area contributed by atoms with E-state index in [9.17, 15) is 27.2 Å². The number of thiazole rings is 1. The summed E-state index contributed by atoms with van der Waals surface area (Å²) in [5.74, 6) is -1.99. The van der Waals surface area contributed by atoms with E-state index in [4.69, 9.17) is 25.8 Å². The molecule has 1 aliphatic heterocycles. The van der Waals surface area contributed by atoms with Gasteiger partial charge >= 0.3 is 0 Å². The van der Waals surface area contributed by atoms with Crippen molar-refractivity contribution in [3.8, 4) is 28.6 Å². The molecular formula is C40H46Cl3FN6O8S2. The molecule has 5 atom stereocenters. The molecule has 2 aliphatic carbocycles. The predicted octanol–water partition coefficient (Wildman–Crippen LogP) is 6.56. The third kappa shape index (κ3) is 9.39. The van der Waals surface area contributed by atoms with Gasteiger partial charge in [0.25, 0.3) is 5.91 Å². The molecule has 2 saturated carbocycles. The molecule has 3 N–H and O–H groups in total. The van der Waals surface area contributed by atoms with Gasteiger partial charge in [0, 0.05) is 45.1 Å². The summed E-state index contributed by atoms with van der Waals surface area (Å²) in [7, 11) is -0.960. The number of hydrogen-bond acceptors (Lipinski definition) is 12. The minimum atomic E-state index is -3.92. The topological polar surface area (TPSA) is 178 Å². The number of benzene rings is 2. The second kappa shape index (κ2) is 17.9. The van der Waals surface area contributed by atoms with Gasteiger partial charge in [-0.25, -0.2) is 22.8 Å². The Bertz CT molecular complexity index is 2410. The molecular weight excluding hydrogens is 882 g/mol. The number of fused-ring (bicyclic) bond motifs is 1. The summed E-state index contributed by atoms with van der Waals surface area (Å²) in [6, 6.07) is 7.51. The van der Waals surface area contributed by atoms with Crippen molar-refractivity contribution in [1.82, 2.24) is 24.9 Å². The molecule has 3 aliphatic rings. The van der Waals surface area contributed by atoms with Gasteiger partial charge in [0.1, 0.15) is 41.0 Å². The first kappa shape index (κ1) is 46.6. The number of nitrogens with zero attached hydrogens (tertiary/aromatic N) is 3. The van der Waals surface area contributed by atoms with Gasteiger partial charge in [-0.1, -0.05) is 38.4 Å². The van der Waals surface area contributed by atoms with Crippen LogP contribution in [0.4, 0.5) is 9.52 Å². The molecule has 1 saturated heterocycles. The lowest BCUT2D eigenvalue weighted by molar-refractivity contribution is -0.141. The number of nitrogens with one attached hydrogen (secondary N) is 3. The van der Waals surface area contributed by atoms with Crippen molar-refractivity contribution in [3.05, 3.63) is 71.5 Å². The van der Waals surface area contributed by atoms with Crippen molar-refractivity contribution >= 4 is 91.4 Å². The van der Waals surface area contributed by atoms with Gasteiger partial charge in [0.05, 0.1) is 37.9 Å². The standard InChI is InChI=1S/C40H44ClFN6O8S2.2ClH/c1-7-21-17-40(21,37(51)47-58(52,53)25-10-11-25)46-34(49)31-16-24(56-35-28-14-22(41)8-12-26(28)32(55-6)18-43-35)19-48(31)36(50)33(39(2,3)4)45-38-44-30(20-57-38)27-13-9-23(54-5)15-29(27)42;;/h7-9,12-15,18,20-21,24-25,31,33H,1,10-11,16-17,19H2,2-6H3,(H,44,45)(H,46,49)(H,47,51);2*1H/t21-,24-,31+,33-,40-;;/m1../s1. The number of likely N-dealkylation sites (tertiary alicyclic amines) is 1. The zero-order chi connectivity index (χ0) is 41.7. The average Bonchev–Trinajstić information content (AvgIpc) is 4.07. The quantitative estimate of drug-likeness (QED) is 0.117. The third-order valence-corrected chi connectivity index (χ3v) is 13.5. The Morgan fingerprint density at radius 2 is 1.83 bits per heavy atom. The van der Waals surface area contributed by atoms with E-state index in [1.165, 1.54) is 48.8 Å². The largest absolute Gasteiger partial charge is 0.497 e. The third-order valence-electron chi connectivity index (χ3n) is 10.7. The lowest BCUT2D eigenvalue weighted by Crippen LogP contribution is -2.58. The Labute approximate surface area is 368 Å². The Hall–Kier alpha value is -4.42. The molecule has 0 spiro atoms. The minimum absolute atomic E-state index is 0. The summed E-state index contributed by atoms with van der Waals surface area (Å²) in [5, 5.41) is 9.09. The number of rotatable bonds is 14. The summed E-state index contributed by atoms with van der Waals surface area (Å²) in [4.78, 5) is 53.4. The normalized spacial score (nSPS) is 21.4. The van der Waals surface area contributed by atoms with E-state index in [1.54, 1.807) is 35.7 Å². The number of pyridine rings is 1. The fourth-order valence-electron chi connectivity index (χ4n) is 7.21. The Morgan fingerprint density at radius 1 is 1.10 bits per heavy atom. The maximum absolute atomic E-state index is 15.0. The molecule has 0 bridgehead atoms. The van der Waals surface area contributed by atoms with E-state index in [2.05, 4.69) is 31.9 Å². The molecule has 324 valence electrons. The van der Waals surface area contributed by atoms with Crippen molar-refractivity contribution < 1.29 is 41.4 Å². The van der Waals surface area contributed by atoms with E-state index in [0.717, 1.165) is 0 Å². The maximum Gasteiger partial charge on any atom is 0.259 e. The number of amides is 3. The first-order chi connectivity index (χ1) is 27.5. The van der Waals surface area contributed by atoms with E-state index < -0.39 is 73.9 Å². The number of aromatic nitrogens is 2. The van der Waals surface area contributed by atoms with Gasteiger partial charge in [-0.2, -0.15) is 0 Å². The number of ether oxygens (including phenoxy) is 3. The second-order valence-corrected chi connectivity index (χ2v) is 19.1. The lowest BCUT2D eigenvalue weighted by Gasteiger charge is -2.35. The van der Waals surface area contributed by atoms with E-state index in [1.807, 2.05) is 20.8 Å². The van der Waals surface area contributed by atoms with Crippen LogP contribution >= 0.6 is 47.8 Å². The van der Waals surface area contributed by atoms with Crippen LogP contribution in [-0.2, 0) is 24.4 Å². The first-order valence-electron chi connectivity index (χ1n) is 18.6. The van der Waals surface area contributed by atoms with Crippen molar-refractivity contribution in [2.45, 2.75) is 75.4 Å². The van der Waals surface area contributed by atoms with Gasteiger partial charge in [0.15, 0.2) is 5.13 Å². The van der Waals surface area contributed by atoms with Crippen LogP contribution in [-0.4, -0.2) is 90.7 Å². The molecule has 4 aromatic rings. The lowest BCUT2D eigenvalue weighted by atomic mass is 9.85. The smallest absolute Gasteiger partial charge is 0.259 e. The highest BCUT2D eigenvalue weighted by Crippen LogP contribution is 2.46. The first-order valence-corrected chi connectivity index (χ1v) is 21.4. The van der Waals surface area contributed by atoms with Gasteiger partial charge in [-0.15, -0.1) is 42.7 Å². The Balaban J connectivity index is 0.00000341. The van der Waals surface area contributed by atoms with E-state index in [-0.39, 0.29) is 55.6 Å². The number of methoxy groups -OCH3 is 2. The second-order valence-electron chi connectivity index (χ2n) is 15.8. The number of sulfonamides is 1. The van der Waals surface area contributed by atoms with Crippen molar-refractivity contribution in [2.75, 3.05) is 26.1 Å². The fraction of sp³-hybridized carbons (Fsp3) is 0.425. The van der Waals surface area contributed by atoms with Gasteiger partial charge in [-0.3, -0.25) is 19.1 Å².